The van der Waals surface area contributed by atoms with Crippen molar-refractivity contribution in [2.75, 3.05) is 21.1 Å². The zero-order chi connectivity index (χ0) is 27.6. The average Bonchev–Trinajstić information content (AvgIpc) is 2.90. The summed E-state index contributed by atoms with van der Waals surface area (Å²) in [5, 5.41) is 0. The number of unbranched alkanes of at least 4 members (excludes halogenated alkanes) is 4. The summed E-state index contributed by atoms with van der Waals surface area (Å²) in [5.41, 5.74) is 9.09. The lowest BCUT2D eigenvalue weighted by atomic mass is 9.97. The highest BCUT2D eigenvalue weighted by Crippen LogP contribution is 2.27. The highest BCUT2D eigenvalue weighted by molar-refractivity contribution is 6.10. The standard InChI is InChI=1S/C32H43N3.C2H6.H2/c1-8-26(23-33-5)30-20-21-31(34-32(30)19-14-12-10-11-13-16-25(3)4)29-18-15-17-28(22-29)27(9-2)24-35(6)7;1-2;/h8-9,15,17-18,20-24H,2-3,10-14,16,19H2,1,4-7H3;1-2H3;1H/b26-8+,27-24+,33-23?;;. The monoisotopic (exact) mass is 501 g/mol. The Labute approximate surface area is 228 Å². The molecule has 0 aliphatic rings. The van der Waals surface area contributed by atoms with Crippen LogP contribution in [0.1, 0.15) is 84.5 Å². The van der Waals surface area contributed by atoms with Crippen molar-refractivity contribution < 1.29 is 1.43 Å². The highest BCUT2D eigenvalue weighted by atomic mass is 15.0. The Morgan fingerprint density at radius 3 is 2.35 bits per heavy atom. The van der Waals surface area contributed by atoms with Gasteiger partial charge in [0.05, 0.1) is 5.69 Å². The number of rotatable bonds is 14. The van der Waals surface area contributed by atoms with Crippen molar-refractivity contribution >= 4 is 17.4 Å². The second kappa shape index (κ2) is 18.1. The number of pyridine rings is 1. The summed E-state index contributed by atoms with van der Waals surface area (Å²) < 4.78 is 0. The molecule has 0 fully saturated rings. The first kappa shape index (κ1) is 31.8. The predicted octanol–water partition coefficient (Wildman–Crippen LogP) is 9.67. The summed E-state index contributed by atoms with van der Waals surface area (Å²) in [6.45, 7) is 16.2. The molecule has 0 saturated carbocycles. The lowest BCUT2D eigenvalue weighted by Crippen LogP contribution is -2.02. The molecule has 0 saturated heterocycles. The van der Waals surface area contributed by atoms with Crippen molar-refractivity contribution in [1.29, 1.82) is 0 Å². The molecule has 37 heavy (non-hydrogen) atoms. The summed E-state index contributed by atoms with van der Waals surface area (Å²) in [6, 6.07) is 12.9. The molecule has 202 valence electrons. The Bertz CT molecular complexity index is 1080. The van der Waals surface area contributed by atoms with E-state index in [0.29, 0.717) is 0 Å². The molecule has 2 rings (SSSR count). The molecule has 1 heterocycles. The second-order valence-corrected chi connectivity index (χ2v) is 9.38. The molecule has 0 atom stereocenters. The summed E-state index contributed by atoms with van der Waals surface area (Å²) in [6.07, 6.45) is 16.3. The van der Waals surface area contributed by atoms with Gasteiger partial charge in [0.2, 0.25) is 0 Å². The van der Waals surface area contributed by atoms with E-state index in [1.54, 1.807) is 0 Å². The van der Waals surface area contributed by atoms with Crippen molar-refractivity contribution in [3.8, 4) is 11.3 Å². The Balaban J connectivity index is 0.00000445. The average molecular weight is 502 g/mol. The molecule has 0 radical (unpaired) electrons. The maximum Gasteiger partial charge on any atom is 0.0705 e. The first-order valence-electron chi connectivity index (χ1n) is 13.7. The van der Waals surface area contributed by atoms with Crippen molar-refractivity contribution in [3.63, 3.8) is 0 Å². The number of aryl methyl sites for hydroxylation is 1. The van der Waals surface area contributed by atoms with Crippen LogP contribution in [0.2, 0.25) is 0 Å². The SMILES string of the molecule is C=C/C(=C\N(C)C)c1cccc(-c2ccc(/C(C=NC)=C/C)c(CCCCCCCC(=C)C)n2)c1.CC.[HH]. The van der Waals surface area contributed by atoms with Gasteiger partial charge < -0.3 is 4.90 Å². The topological polar surface area (TPSA) is 28.5 Å². The predicted molar refractivity (Wildman–Crippen MR) is 169 cm³/mol. The minimum absolute atomic E-state index is 0. The van der Waals surface area contributed by atoms with Gasteiger partial charge in [0.25, 0.3) is 0 Å². The maximum atomic E-state index is 5.17. The van der Waals surface area contributed by atoms with Crippen LogP contribution >= 0.6 is 0 Å². The lowest BCUT2D eigenvalue weighted by molar-refractivity contribution is 0.566. The third kappa shape index (κ3) is 11.2. The van der Waals surface area contributed by atoms with Gasteiger partial charge in [-0.05, 0) is 68.4 Å². The smallest absolute Gasteiger partial charge is 0.0705 e. The largest absolute Gasteiger partial charge is 0.383 e. The quantitative estimate of drug-likeness (QED) is 0.111. The van der Waals surface area contributed by atoms with Crippen molar-refractivity contribution in [3.05, 3.63) is 90.3 Å². The molecule has 1 aromatic heterocycles. The van der Waals surface area contributed by atoms with Crippen molar-refractivity contribution in [1.82, 2.24) is 9.88 Å². The van der Waals surface area contributed by atoms with Gasteiger partial charge in [-0.25, -0.2) is 0 Å². The summed E-state index contributed by atoms with van der Waals surface area (Å²) >= 11 is 0. The molecule has 0 aliphatic heterocycles. The number of nitrogens with zero attached hydrogens (tertiary/aromatic N) is 3. The van der Waals surface area contributed by atoms with Gasteiger partial charge in [-0.1, -0.05) is 81.7 Å². The lowest BCUT2D eigenvalue weighted by Gasteiger charge is -2.13. The van der Waals surface area contributed by atoms with Gasteiger partial charge >= 0.3 is 0 Å². The van der Waals surface area contributed by atoms with Crippen molar-refractivity contribution in [2.24, 2.45) is 4.99 Å². The number of hydrogen-bond donors (Lipinski definition) is 0. The van der Waals surface area contributed by atoms with Crippen LogP contribution in [-0.2, 0) is 6.42 Å². The molecule has 3 heteroatoms. The minimum atomic E-state index is 0. The van der Waals surface area contributed by atoms with Gasteiger partial charge in [0.15, 0.2) is 0 Å². The first-order valence-corrected chi connectivity index (χ1v) is 13.7. The number of aliphatic imine (C=N–C) groups is 1. The van der Waals surface area contributed by atoms with E-state index in [-0.39, 0.29) is 1.43 Å². The summed E-state index contributed by atoms with van der Waals surface area (Å²) in [4.78, 5) is 11.5. The Kier molecular flexibility index (Phi) is 15.6. The van der Waals surface area contributed by atoms with Crippen LogP contribution < -0.4 is 0 Å². The molecule has 0 aliphatic carbocycles. The molecule has 2 aromatic rings. The van der Waals surface area contributed by atoms with E-state index in [0.717, 1.165) is 52.9 Å². The van der Waals surface area contributed by atoms with Gasteiger partial charge in [0.1, 0.15) is 0 Å². The second-order valence-electron chi connectivity index (χ2n) is 9.38. The molecule has 0 unspecified atom stereocenters. The normalized spacial score (nSPS) is 11.8. The Morgan fingerprint density at radius 2 is 1.73 bits per heavy atom. The van der Waals surface area contributed by atoms with E-state index in [2.05, 4.69) is 80.7 Å². The zero-order valence-corrected chi connectivity index (χ0v) is 24.5. The highest BCUT2D eigenvalue weighted by Gasteiger charge is 2.11. The van der Waals surface area contributed by atoms with Crippen molar-refractivity contribution in [2.45, 2.75) is 72.6 Å². The van der Waals surface area contributed by atoms with Gasteiger partial charge in [-0.15, -0.1) is 6.58 Å². The summed E-state index contributed by atoms with van der Waals surface area (Å²) in [5.74, 6) is 0. The maximum absolute atomic E-state index is 5.17. The van der Waals surface area contributed by atoms with Crippen LogP contribution in [0.15, 0.2) is 78.5 Å². The molecule has 3 nitrogen and oxygen atoms in total. The number of aromatic nitrogens is 1. The number of allylic oxidation sites excluding steroid dienone is 5. The molecule has 0 spiro atoms. The van der Waals surface area contributed by atoms with E-state index >= 15 is 0 Å². The van der Waals surface area contributed by atoms with Crippen LogP contribution in [0.25, 0.3) is 22.4 Å². The fraction of sp³-hybridized carbons (Fsp3) is 0.412. The molecule has 0 N–H and O–H groups in total. The fourth-order valence-electron chi connectivity index (χ4n) is 4.19. The molecule has 0 bridgehead atoms. The van der Waals surface area contributed by atoms with E-state index in [1.807, 2.05) is 52.2 Å². The van der Waals surface area contributed by atoms with Crippen LogP contribution in [0.3, 0.4) is 0 Å². The number of benzene rings is 1. The van der Waals surface area contributed by atoms with E-state index in [9.17, 15) is 0 Å². The van der Waals surface area contributed by atoms with Crippen LogP contribution in [0.4, 0.5) is 0 Å². The minimum Gasteiger partial charge on any atom is -0.383 e. The van der Waals surface area contributed by atoms with E-state index < -0.39 is 0 Å². The van der Waals surface area contributed by atoms with Gasteiger partial charge in [-0.2, -0.15) is 0 Å². The van der Waals surface area contributed by atoms with Gasteiger partial charge in [-0.3, -0.25) is 9.98 Å². The van der Waals surface area contributed by atoms with Crippen LogP contribution in [0, 0.1) is 0 Å². The molecule has 1 aromatic carbocycles. The molecular formula is C34H51N3. The van der Waals surface area contributed by atoms with E-state index in [1.165, 1.54) is 36.8 Å². The Hall–Kier alpha value is -3.20. The van der Waals surface area contributed by atoms with Gasteiger partial charge in [0, 0.05) is 51.8 Å². The Morgan fingerprint density at radius 1 is 1.03 bits per heavy atom. The zero-order valence-electron chi connectivity index (χ0n) is 24.5. The fourth-order valence-corrected chi connectivity index (χ4v) is 4.19. The van der Waals surface area contributed by atoms with E-state index in [4.69, 9.17) is 4.98 Å². The third-order valence-electron chi connectivity index (χ3n) is 5.99. The molecular weight excluding hydrogens is 450 g/mol. The first-order chi connectivity index (χ1) is 17.9. The van der Waals surface area contributed by atoms with Crippen LogP contribution in [-0.4, -0.2) is 37.2 Å². The van der Waals surface area contributed by atoms with Crippen LogP contribution in [0.5, 0.6) is 0 Å². The summed E-state index contributed by atoms with van der Waals surface area (Å²) in [7, 11) is 5.87. The molecule has 0 amide bonds. The third-order valence-corrected chi connectivity index (χ3v) is 5.99. The number of hydrogen-bond acceptors (Lipinski definition) is 3.